The molecular formula is C6H13IO2. The van der Waals surface area contributed by atoms with Gasteiger partial charge in [0.05, 0.1) is 0 Å². The molecule has 0 heterocycles. The van der Waals surface area contributed by atoms with Gasteiger partial charge < -0.3 is 9.47 Å². The molecule has 0 radical (unpaired) electrons. The normalized spacial score (nSPS) is 12.0. The first kappa shape index (κ1) is 9.65. The Balaban J connectivity index is 3.62. The molecule has 0 rings (SSSR count). The third kappa shape index (κ3) is 3.37. The van der Waals surface area contributed by atoms with Crippen molar-refractivity contribution in [3.05, 3.63) is 0 Å². The van der Waals surface area contributed by atoms with Crippen LogP contribution >= 0.6 is 22.6 Å². The molecule has 0 N–H and O–H groups in total. The van der Waals surface area contributed by atoms with Crippen LogP contribution in [0.5, 0.6) is 0 Å². The molecule has 0 saturated carbocycles. The van der Waals surface area contributed by atoms with Crippen LogP contribution in [0.25, 0.3) is 0 Å². The first-order valence-corrected chi connectivity index (χ1v) is 4.05. The smallest absolute Gasteiger partial charge is 0.220 e. The van der Waals surface area contributed by atoms with E-state index in [0.29, 0.717) is 0 Å². The average Bonchev–Trinajstić information content (AvgIpc) is 1.89. The van der Waals surface area contributed by atoms with E-state index in [2.05, 4.69) is 29.5 Å². The van der Waals surface area contributed by atoms with Gasteiger partial charge in [0.2, 0.25) is 3.79 Å². The van der Waals surface area contributed by atoms with Crippen LogP contribution in [0.3, 0.4) is 0 Å². The first-order valence-electron chi connectivity index (χ1n) is 2.97. The minimum Gasteiger partial charge on any atom is -0.345 e. The third-order valence-electron chi connectivity index (χ3n) is 1.16. The largest absolute Gasteiger partial charge is 0.345 e. The molecule has 56 valence electrons. The summed E-state index contributed by atoms with van der Waals surface area (Å²) >= 11 is 2.16. The van der Waals surface area contributed by atoms with Crippen molar-refractivity contribution >= 4 is 22.6 Å². The fourth-order valence-corrected chi connectivity index (χ4v) is 1.13. The number of hydrogen-bond donors (Lipinski definition) is 0. The van der Waals surface area contributed by atoms with Crippen LogP contribution in [0.2, 0.25) is 0 Å². The van der Waals surface area contributed by atoms with Gasteiger partial charge in [-0.3, -0.25) is 0 Å². The summed E-state index contributed by atoms with van der Waals surface area (Å²) in [5.74, 6) is 0. The Morgan fingerprint density at radius 3 is 1.89 bits per heavy atom. The summed E-state index contributed by atoms with van der Waals surface area (Å²) in [6.07, 6.45) is 2.01. The topological polar surface area (TPSA) is 18.5 Å². The zero-order valence-electron chi connectivity index (χ0n) is 6.11. The number of ether oxygens (including phenoxy) is 2. The fourth-order valence-electron chi connectivity index (χ4n) is 0.586. The standard InChI is InChI=1S/C6H13IO2/c1-4-5-6(7,8-2)9-3/h4-5H2,1-3H3. The lowest BCUT2D eigenvalue weighted by molar-refractivity contribution is -0.122. The molecule has 2 nitrogen and oxygen atoms in total. The average molecular weight is 244 g/mol. The van der Waals surface area contributed by atoms with Crippen LogP contribution in [0.4, 0.5) is 0 Å². The van der Waals surface area contributed by atoms with Crippen LogP contribution in [0, 0.1) is 0 Å². The molecule has 0 fully saturated rings. The Bertz CT molecular complexity index is 71.5. The summed E-state index contributed by atoms with van der Waals surface area (Å²) < 4.78 is 9.79. The second kappa shape index (κ2) is 4.46. The zero-order chi connectivity index (χ0) is 7.33. The molecule has 0 aliphatic carbocycles. The van der Waals surface area contributed by atoms with Crippen LogP contribution in [0.15, 0.2) is 0 Å². The van der Waals surface area contributed by atoms with Gasteiger partial charge in [-0.25, -0.2) is 0 Å². The lowest BCUT2D eigenvalue weighted by Gasteiger charge is -2.22. The molecule has 0 aromatic rings. The van der Waals surface area contributed by atoms with Crippen molar-refractivity contribution < 1.29 is 9.47 Å². The number of halogens is 1. The summed E-state index contributed by atoms with van der Waals surface area (Å²) in [5.41, 5.74) is 0. The molecule has 0 aliphatic rings. The maximum Gasteiger partial charge on any atom is 0.220 e. The Hall–Kier alpha value is 0.650. The van der Waals surface area contributed by atoms with Crippen molar-refractivity contribution in [2.75, 3.05) is 14.2 Å². The second-order valence-electron chi connectivity index (χ2n) is 1.82. The van der Waals surface area contributed by atoms with E-state index in [-0.39, 0.29) is 0 Å². The van der Waals surface area contributed by atoms with Gasteiger partial charge in [-0.05, 0) is 22.6 Å². The summed E-state index contributed by atoms with van der Waals surface area (Å²) in [6, 6.07) is 0. The molecule has 0 aliphatic heterocycles. The van der Waals surface area contributed by atoms with E-state index in [1.807, 2.05) is 0 Å². The van der Waals surface area contributed by atoms with E-state index in [1.165, 1.54) is 0 Å². The summed E-state index contributed by atoms with van der Waals surface area (Å²) in [4.78, 5) is 0. The predicted octanol–water partition coefficient (Wildman–Crippen LogP) is 2.17. The van der Waals surface area contributed by atoms with Gasteiger partial charge in [0, 0.05) is 20.6 Å². The van der Waals surface area contributed by atoms with Crippen LogP contribution in [-0.2, 0) is 9.47 Å². The van der Waals surface area contributed by atoms with Gasteiger partial charge in [0.15, 0.2) is 0 Å². The van der Waals surface area contributed by atoms with Crippen molar-refractivity contribution in [2.45, 2.75) is 23.6 Å². The van der Waals surface area contributed by atoms with Gasteiger partial charge >= 0.3 is 0 Å². The molecule has 0 aromatic carbocycles. The second-order valence-corrected chi connectivity index (χ2v) is 3.46. The van der Waals surface area contributed by atoms with Crippen molar-refractivity contribution in [3.63, 3.8) is 0 Å². The van der Waals surface area contributed by atoms with E-state index in [1.54, 1.807) is 14.2 Å². The highest BCUT2D eigenvalue weighted by atomic mass is 127. The third-order valence-corrected chi connectivity index (χ3v) is 2.58. The van der Waals surface area contributed by atoms with E-state index in [9.17, 15) is 0 Å². The minimum absolute atomic E-state index is 0.396. The maximum absolute atomic E-state index is 5.09. The van der Waals surface area contributed by atoms with E-state index < -0.39 is 3.79 Å². The van der Waals surface area contributed by atoms with Crippen LogP contribution < -0.4 is 0 Å². The van der Waals surface area contributed by atoms with Crippen molar-refractivity contribution in [3.8, 4) is 0 Å². The first-order chi connectivity index (χ1) is 4.18. The lowest BCUT2D eigenvalue weighted by Crippen LogP contribution is -2.24. The van der Waals surface area contributed by atoms with Gasteiger partial charge in [-0.15, -0.1) is 0 Å². The number of methoxy groups -OCH3 is 2. The lowest BCUT2D eigenvalue weighted by atomic mass is 10.3. The van der Waals surface area contributed by atoms with Crippen molar-refractivity contribution in [2.24, 2.45) is 0 Å². The van der Waals surface area contributed by atoms with Gasteiger partial charge in [0.1, 0.15) is 0 Å². The Morgan fingerprint density at radius 1 is 1.33 bits per heavy atom. The number of rotatable bonds is 4. The molecule has 0 saturated heterocycles. The molecule has 0 atom stereocenters. The van der Waals surface area contributed by atoms with Crippen molar-refractivity contribution in [1.82, 2.24) is 0 Å². The quantitative estimate of drug-likeness (QED) is 0.428. The summed E-state index contributed by atoms with van der Waals surface area (Å²) in [6.45, 7) is 2.10. The van der Waals surface area contributed by atoms with E-state index in [0.717, 1.165) is 12.8 Å². The zero-order valence-corrected chi connectivity index (χ0v) is 8.27. The molecule has 9 heavy (non-hydrogen) atoms. The maximum atomic E-state index is 5.09. The molecule has 0 bridgehead atoms. The highest BCUT2D eigenvalue weighted by molar-refractivity contribution is 14.1. The molecule has 3 heteroatoms. The van der Waals surface area contributed by atoms with Gasteiger partial charge in [-0.2, -0.15) is 0 Å². The fraction of sp³-hybridized carbons (Fsp3) is 1.00. The highest BCUT2D eigenvalue weighted by Crippen LogP contribution is 2.25. The Morgan fingerprint density at radius 2 is 1.78 bits per heavy atom. The number of hydrogen-bond acceptors (Lipinski definition) is 2. The monoisotopic (exact) mass is 244 g/mol. The van der Waals surface area contributed by atoms with Crippen molar-refractivity contribution in [1.29, 1.82) is 0 Å². The predicted molar refractivity (Wildman–Crippen MR) is 45.7 cm³/mol. The van der Waals surface area contributed by atoms with E-state index in [4.69, 9.17) is 9.47 Å². The number of alkyl halides is 1. The minimum atomic E-state index is -0.396. The summed E-state index contributed by atoms with van der Waals surface area (Å²) in [7, 11) is 3.32. The van der Waals surface area contributed by atoms with Gasteiger partial charge in [0.25, 0.3) is 0 Å². The van der Waals surface area contributed by atoms with E-state index >= 15 is 0 Å². The molecule has 0 spiro atoms. The van der Waals surface area contributed by atoms with Crippen LogP contribution in [0.1, 0.15) is 19.8 Å². The van der Waals surface area contributed by atoms with Gasteiger partial charge in [-0.1, -0.05) is 13.3 Å². The molecule has 0 aromatic heterocycles. The Labute approximate surface area is 70.1 Å². The summed E-state index contributed by atoms with van der Waals surface area (Å²) in [5, 5.41) is 0. The van der Waals surface area contributed by atoms with Crippen LogP contribution in [-0.4, -0.2) is 18.0 Å². The SMILES string of the molecule is CCCC(I)(OC)OC. The Kier molecular flexibility index (Phi) is 4.79. The highest BCUT2D eigenvalue weighted by Gasteiger charge is 2.22. The molecular weight excluding hydrogens is 231 g/mol. The molecule has 0 amide bonds. The molecule has 0 unspecified atom stereocenters.